The Kier molecular flexibility index (Phi) is 6.49. The molecule has 1 atom stereocenters. The number of nitrogens with zero attached hydrogens (tertiary/aromatic N) is 1. The second-order valence-electron chi connectivity index (χ2n) is 8.79. The van der Waals surface area contributed by atoms with Gasteiger partial charge in [0.15, 0.2) is 16.9 Å². The van der Waals surface area contributed by atoms with Crippen molar-refractivity contribution in [3.63, 3.8) is 0 Å². The van der Waals surface area contributed by atoms with E-state index in [1.807, 2.05) is 67.8 Å². The fraction of sp³-hybridized carbons (Fsp3) is 0.241. The molecule has 7 heteroatoms. The minimum atomic E-state index is -0.523. The number of methoxy groups -OCH3 is 2. The minimum absolute atomic E-state index is 0.127. The number of hydrogen-bond acceptors (Lipinski definition) is 6. The van der Waals surface area contributed by atoms with Gasteiger partial charge in [-0.05, 0) is 67.1 Å². The molecule has 5 rings (SSSR count). The van der Waals surface area contributed by atoms with E-state index in [1.165, 1.54) is 0 Å². The van der Waals surface area contributed by atoms with E-state index in [4.69, 9.17) is 13.9 Å². The highest BCUT2D eigenvalue weighted by Gasteiger charge is 2.42. The fourth-order valence-corrected chi connectivity index (χ4v) is 5.19. The molecule has 36 heavy (non-hydrogen) atoms. The number of rotatable bonds is 7. The maximum Gasteiger partial charge on any atom is 0.290 e. The maximum atomic E-state index is 13.7. The van der Waals surface area contributed by atoms with Crippen LogP contribution >= 0.6 is 11.8 Å². The topological polar surface area (TPSA) is 69.0 Å². The Bertz CT molecular complexity index is 1510. The lowest BCUT2D eigenvalue weighted by atomic mass is 9.98. The summed E-state index contributed by atoms with van der Waals surface area (Å²) in [5.74, 6) is 1.13. The first kappa shape index (κ1) is 24.0. The van der Waals surface area contributed by atoms with Gasteiger partial charge < -0.3 is 18.8 Å². The number of ether oxygens (including phenoxy) is 2. The standard InChI is InChI=1S/C29H27NO5S/c1-17-5-11-22-21(15-17)27(31)25-26(19-7-9-20(36-4)10-8-19)30(29(32)28(25)35-22)14-13-18-6-12-23(33-2)24(16-18)34-3/h5-12,15-16,26H,13-14H2,1-4H3/t26-/m0/s1. The summed E-state index contributed by atoms with van der Waals surface area (Å²) in [6.45, 7) is 2.34. The predicted molar refractivity (Wildman–Crippen MR) is 142 cm³/mol. The molecule has 6 nitrogen and oxygen atoms in total. The number of thioether (sulfide) groups is 1. The smallest absolute Gasteiger partial charge is 0.290 e. The van der Waals surface area contributed by atoms with Gasteiger partial charge in [-0.3, -0.25) is 9.59 Å². The molecule has 0 radical (unpaired) electrons. The van der Waals surface area contributed by atoms with Crippen LogP contribution in [0.5, 0.6) is 11.5 Å². The third kappa shape index (κ3) is 4.13. The van der Waals surface area contributed by atoms with E-state index in [1.54, 1.807) is 36.9 Å². The van der Waals surface area contributed by atoms with Crippen molar-refractivity contribution in [2.45, 2.75) is 24.3 Å². The molecule has 0 fully saturated rings. The largest absolute Gasteiger partial charge is 0.493 e. The van der Waals surface area contributed by atoms with Crippen molar-refractivity contribution in [1.82, 2.24) is 4.90 Å². The molecule has 0 N–H and O–H groups in total. The lowest BCUT2D eigenvalue weighted by molar-refractivity contribution is 0.0730. The molecule has 3 aromatic carbocycles. The van der Waals surface area contributed by atoms with E-state index >= 15 is 0 Å². The third-order valence-corrected chi connectivity index (χ3v) is 7.39. The van der Waals surface area contributed by atoms with Crippen LogP contribution in [0.25, 0.3) is 11.0 Å². The lowest BCUT2D eigenvalue weighted by Gasteiger charge is -2.25. The number of carbonyl (C=O) groups is 1. The average Bonchev–Trinajstić information content (AvgIpc) is 3.19. The number of carbonyl (C=O) groups excluding carboxylic acids is 1. The Labute approximate surface area is 213 Å². The normalized spacial score (nSPS) is 14.8. The SMILES string of the molecule is COc1ccc(CCN2C(=O)c3oc4ccc(C)cc4c(=O)c3[C@@H]2c2ccc(SC)cc2)cc1OC. The Hall–Kier alpha value is -3.71. The van der Waals surface area contributed by atoms with Crippen LogP contribution in [0.1, 0.15) is 38.9 Å². The molecule has 0 bridgehead atoms. The molecule has 1 aliphatic heterocycles. The monoisotopic (exact) mass is 501 g/mol. The van der Waals surface area contributed by atoms with Crippen molar-refractivity contribution in [2.24, 2.45) is 0 Å². The second kappa shape index (κ2) is 9.74. The summed E-state index contributed by atoms with van der Waals surface area (Å²) in [6.07, 6.45) is 2.59. The van der Waals surface area contributed by atoms with Crippen LogP contribution in [-0.2, 0) is 6.42 Å². The van der Waals surface area contributed by atoms with E-state index in [0.717, 1.165) is 21.6 Å². The fourth-order valence-electron chi connectivity index (χ4n) is 4.78. The van der Waals surface area contributed by atoms with Crippen LogP contribution in [0.3, 0.4) is 0 Å². The zero-order valence-corrected chi connectivity index (χ0v) is 21.5. The quantitative estimate of drug-likeness (QED) is 0.306. The van der Waals surface area contributed by atoms with Crippen molar-refractivity contribution in [1.29, 1.82) is 0 Å². The lowest BCUT2D eigenvalue weighted by Crippen LogP contribution is -2.31. The van der Waals surface area contributed by atoms with Gasteiger partial charge in [0.1, 0.15) is 5.58 Å². The first-order valence-corrected chi connectivity index (χ1v) is 12.9. The van der Waals surface area contributed by atoms with Crippen LogP contribution in [0.4, 0.5) is 0 Å². The summed E-state index contributed by atoms with van der Waals surface area (Å²) in [5, 5.41) is 0.494. The minimum Gasteiger partial charge on any atom is -0.493 e. The molecule has 1 aromatic heterocycles. The highest BCUT2D eigenvalue weighted by atomic mass is 32.2. The summed E-state index contributed by atoms with van der Waals surface area (Å²) in [6, 6.07) is 18.7. The van der Waals surface area contributed by atoms with E-state index in [-0.39, 0.29) is 17.1 Å². The number of aryl methyl sites for hydroxylation is 1. The van der Waals surface area contributed by atoms with Crippen molar-refractivity contribution in [2.75, 3.05) is 27.0 Å². The van der Waals surface area contributed by atoms with Gasteiger partial charge in [-0.2, -0.15) is 0 Å². The van der Waals surface area contributed by atoms with Crippen LogP contribution in [0, 0.1) is 6.92 Å². The van der Waals surface area contributed by atoms with Crippen LogP contribution in [-0.4, -0.2) is 37.8 Å². The molecule has 0 spiro atoms. The second-order valence-corrected chi connectivity index (χ2v) is 9.67. The van der Waals surface area contributed by atoms with E-state index in [2.05, 4.69) is 0 Å². The summed E-state index contributed by atoms with van der Waals surface area (Å²) in [5.41, 5.74) is 3.51. The molecule has 184 valence electrons. The molecule has 0 aliphatic carbocycles. The van der Waals surface area contributed by atoms with Crippen molar-refractivity contribution in [3.8, 4) is 11.5 Å². The molecule has 4 aromatic rings. The van der Waals surface area contributed by atoms with Crippen molar-refractivity contribution >= 4 is 28.6 Å². The van der Waals surface area contributed by atoms with Gasteiger partial charge >= 0.3 is 0 Å². The highest BCUT2D eigenvalue weighted by molar-refractivity contribution is 7.98. The first-order chi connectivity index (χ1) is 17.4. The number of amides is 1. The Morgan fingerprint density at radius 2 is 1.69 bits per heavy atom. The predicted octanol–water partition coefficient (Wildman–Crippen LogP) is 5.63. The van der Waals surface area contributed by atoms with Crippen molar-refractivity contribution < 1.29 is 18.7 Å². The Morgan fingerprint density at radius 1 is 0.944 bits per heavy atom. The van der Waals surface area contributed by atoms with Gasteiger partial charge in [-0.1, -0.05) is 29.8 Å². The molecular weight excluding hydrogens is 474 g/mol. The van der Waals surface area contributed by atoms with Gasteiger partial charge in [0.2, 0.25) is 5.76 Å². The summed E-state index contributed by atoms with van der Waals surface area (Å²) < 4.78 is 16.8. The van der Waals surface area contributed by atoms with E-state index in [0.29, 0.717) is 41.0 Å². The Morgan fingerprint density at radius 3 is 2.39 bits per heavy atom. The average molecular weight is 502 g/mol. The van der Waals surface area contributed by atoms with Gasteiger partial charge in [-0.25, -0.2) is 0 Å². The van der Waals surface area contributed by atoms with Crippen LogP contribution in [0.2, 0.25) is 0 Å². The third-order valence-electron chi connectivity index (χ3n) is 6.64. The van der Waals surface area contributed by atoms with Crippen LogP contribution < -0.4 is 14.9 Å². The van der Waals surface area contributed by atoms with E-state index in [9.17, 15) is 9.59 Å². The van der Waals surface area contributed by atoms with Gasteiger partial charge in [0, 0.05) is 11.4 Å². The molecule has 0 unspecified atom stereocenters. The summed E-state index contributed by atoms with van der Waals surface area (Å²) in [7, 11) is 3.19. The van der Waals surface area contributed by atoms with Crippen LogP contribution in [0.15, 0.2) is 74.8 Å². The zero-order chi connectivity index (χ0) is 25.4. The summed E-state index contributed by atoms with van der Waals surface area (Å²) >= 11 is 1.64. The molecule has 0 saturated carbocycles. The summed E-state index contributed by atoms with van der Waals surface area (Å²) in [4.78, 5) is 30.2. The molecule has 0 saturated heterocycles. The van der Waals surface area contributed by atoms with Gasteiger partial charge in [0.05, 0.1) is 31.2 Å². The molecule has 1 amide bonds. The zero-order valence-electron chi connectivity index (χ0n) is 20.7. The van der Waals surface area contributed by atoms with Gasteiger partial charge in [-0.15, -0.1) is 11.8 Å². The molecule has 1 aliphatic rings. The highest BCUT2D eigenvalue weighted by Crippen LogP contribution is 2.39. The molecular formula is C29H27NO5S. The van der Waals surface area contributed by atoms with E-state index < -0.39 is 6.04 Å². The number of fused-ring (bicyclic) bond motifs is 2. The Balaban J connectivity index is 1.58. The van der Waals surface area contributed by atoms with Gasteiger partial charge in [0.25, 0.3) is 5.91 Å². The number of hydrogen-bond donors (Lipinski definition) is 0. The molecule has 2 heterocycles. The van der Waals surface area contributed by atoms with Crippen molar-refractivity contribution in [3.05, 3.63) is 98.9 Å². The number of benzene rings is 3. The first-order valence-electron chi connectivity index (χ1n) is 11.7. The maximum absolute atomic E-state index is 13.7.